The van der Waals surface area contributed by atoms with Crippen molar-refractivity contribution in [1.29, 1.82) is 0 Å². The zero-order chi connectivity index (χ0) is 11.4. The van der Waals surface area contributed by atoms with Gasteiger partial charge < -0.3 is 9.52 Å². The highest BCUT2D eigenvalue weighted by Crippen LogP contribution is 2.32. The maximum absolute atomic E-state index is 10.4. The third kappa shape index (κ3) is 2.84. The minimum atomic E-state index is -0.808. The van der Waals surface area contributed by atoms with Crippen molar-refractivity contribution in [1.82, 2.24) is 4.98 Å². The molecule has 1 aliphatic carbocycles. The van der Waals surface area contributed by atoms with Gasteiger partial charge in [0.15, 0.2) is 5.89 Å². The van der Waals surface area contributed by atoms with Gasteiger partial charge in [0.05, 0.1) is 12.6 Å². The van der Waals surface area contributed by atoms with Crippen LogP contribution in [0, 0.1) is 0 Å². The van der Waals surface area contributed by atoms with Crippen LogP contribution in [-0.4, -0.2) is 16.1 Å². The highest BCUT2D eigenvalue weighted by atomic mass is 16.4. The molecule has 0 spiro atoms. The fraction of sp³-hybridized carbons (Fsp3) is 0.667. The average Bonchev–Trinajstić information content (AvgIpc) is 2.76. The average molecular weight is 223 g/mol. The number of aromatic nitrogens is 1. The molecule has 1 saturated carbocycles. The standard InChI is InChI=1S/C12H17NO3/c14-12(15)7-6-11-13-8-10(16-11)9-4-2-1-3-5-9/h8-9H,1-7H2,(H,14,15). The number of rotatable bonds is 4. The lowest BCUT2D eigenvalue weighted by Crippen LogP contribution is -2.03. The van der Waals surface area contributed by atoms with Crippen molar-refractivity contribution in [3.8, 4) is 0 Å². The number of hydrogen-bond donors (Lipinski definition) is 1. The number of hydrogen-bond acceptors (Lipinski definition) is 3. The third-order valence-corrected chi connectivity index (χ3v) is 3.13. The molecule has 1 heterocycles. The van der Waals surface area contributed by atoms with E-state index < -0.39 is 5.97 Å². The molecule has 0 aromatic carbocycles. The van der Waals surface area contributed by atoms with Crippen LogP contribution in [0.15, 0.2) is 10.6 Å². The molecule has 0 saturated heterocycles. The summed E-state index contributed by atoms with van der Waals surface area (Å²) in [5.41, 5.74) is 0. The third-order valence-electron chi connectivity index (χ3n) is 3.13. The maximum atomic E-state index is 10.4. The lowest BCUT2D eigenvalue weighted by atomic mass is 9.88. The number of aliphatic carboxylic acids is 1. The maximum Gasteiger partial charge on any atom is 0.303 e. The Bertz CT molecular complexity index is 353. The van der Waals surface area contributed by atoms with E-state index in [0.29, 0.717) is 18.2 Å². The summed E-state index contributed by atoms with van der Waals surface area (Å²) < 4.78 is 5.60. The summed E-state index contributed by atoms with van der Waals surface area (Å²) in [4.78, 5) is 14.5. The van der Waals surface area contributed by atoms with Gasteiger partial charge in [-0.05, 0) is 12.8 Å². The molecule has 1 fully saturated rings. The van der Waals surface area contributed by atoms with Crippen molar-refractivity contribution in [3.63, 3.8) is 0 Å². The van der Waals surface area contributed by atoms with Crippen molar-refractivity contribution in [3.05, 3.63) is 17.8 Å². The molecule has 1 aromatic heterocycles. The predicted molar refractivity (Wildman–Crippen MR) is 58.3 cm³/mol. The predicted octanol–water partition coefficient (Wildman–Crippen LogP) is 2.74. The Kier molecular flexibility index (Phi) is 3.59. The summed E-state index contributed by atoms with van der Waals surface area (Å²) in [6.07, 6.45) is 8.43. The Labute approximate surface area is 94.7 Å². The van der Waals surface area contributed by atoms with Gasteiger partial charge >= 0.3 is 5.97 Å². The summed E-state index contributed by atoms with van der Waals surface area (Å²) >= 11 is 0. The van der Waals surface area contributed by atoms with Gasteiger partial charge in [-0.1, -0.05) is 19.3 Å². The van der Waals surface area contributed by atoms with E-state index in [1.54, 1.807) is 6.20 Å². The molecule has 2 rings (SSSR count). The highest BCUT2D eigenvalue weighted by Gasteiger charge is 2.19. The first kappa shape index (κ1) is 11.2. The van der Waals surface area contributed by atoms with E-state index >= 15 is 0 Å². The number of carboxylic acid groups (broad SMARTS) is 1. The van der Waals surface area contributed by atoms with E-state index in [0.717, 1.165) is 5.76 Å². The summed E-state index contributed by atoms with van der Waals surface area (Å²) in [6, 6.07) is 0. The second-order valence-corrected chi connectivity index (χ2v) is 4.39. The first-order valence-corrected chi connectivity index (χ1v) is 5.92. The van der Waals surface area contributed by atoms with Gasteiger partial charge in [0.2, 0.25) is 0 Å². The van der Waals surface area contributed by atoms with Crippen LogP contribution in [0.25, 0.3) is 0 Å². The van der Waals surface area contributed by atoms with E-state index in [1.165, 1.54) is 32.1 Å². The lowest BCUT2D eigenvalue weighted by molar-refractivity contribution is -0.137. The first-order valence-electron chi connectivity index (χ1n) is 5.92. The number of oxazole rings is 1. The first-order chi connectivity index (χ1) is 7.75. The summed E-state index contributed by atoms with van der Waals surface area (Å²) in [5, 5.41) is 8.56. The van der Waals surface area contributed by atoms with E-state index in [9.17, 15) is 4.79 Å². The molecule has 0 unspecified atom stereocenters. The van der Waals surface area contributed by atoms with Crippen LogP contribution in [0.5, 0.6) is 0 Å². The Balaban J connectivity index is 1.93. The summed E-state index contributed by atoms with van der Waals surface area (Å²) in [5.74, 6) is 1.19. The van der Waals surface area contributed by atoms with Crippen LogP contribution in [-0.2, 0) is 11.2 Å². The number of carbonyl (C=O) groups is 1. The molecule has 88 valence electrons. The zero-order valence-corrected chi connectivity index (χ0v) is 9.32. The molecule has 0 atom stereocenters. The monoisotopic (exact) mass is 223 g/mol. The molecule has 4 nitrogen and oxygen atoms in total. The molecule has 1 aliphatic rings. The lowest BCUT2D eigenvalue weighted by Gasteiger charge is -2.18. The molecular formula is C12H17NO3. The van der Waals surface area contributed by atoms with Gasteiger partial charge in [0.1, 0.15) is 5.76 Å². The van der Waals surface area contributed by atoms with Gasteiger partial charge in [-0.2, -0.15) is 0 Å². The van der Waals surface area contributed by atoms with Crippen molar-refractivity contribution in [2.75, 3.05) is 0 Å². The topological polar surface area (TPSA) is 63.3 Å². The van der Waals surface area contributed by atoms with Crippen LogP contribution in [0.2, 0.25) is 0 Å². The molecule has 0 bridgehead atoms. The minimum absolute atomic E-state index is 0.0879. The van der Waals surface area contributed by atoms with Crippen LogP contribution in [0.4, 0.5) is 0 Å². The second kappa shape index (κ2) is 5.14. The Morgan fingerprint density at radius 1 is 1.44 bits per heavy atom. The zero-order valence-electron chi connectivity index (χ0n) is 9.32. The number of nitrogens with zero attached hydrogens (tertiary/aromatic N) is 1. The SMILES string of the molecule is O=C(O)CCc1ncc(C2CCCCC2)o1. The van der Waals surface area contributed by atoms with Crippen LogP contribution in [0.3, 0.4) is 0 Å². The van der Waals surface area contributed by atoms with E-state index in [2.05, 4.69) is 4.98 Å². The smallest absolute Gasteiger partial charge is 0.303 e. The van der Waals surface area contributed by atoms with Crippen molar-refractivity contribution >= 4 is 5.97 Å². The van der Waals surface area contributed by atoms with E-state index in [1.807, 2.05) is 0 Å². The van der Waals surface area contributed by atoms with Gasteiger partial charge in [0.25, 0.3) is 0 Å². The van der Waals surface area contributed by atoms with Gasteiger partial charge in [-0.25, -0.2) is 4.98 Å². The molecule has 1 aromatic rings. The summed E-state index contributed by atoms with van der Waals surface area (Å²) in [7, 11) is 0. The molecule has 0 aliphatic heterocycles. The minimum Gasteiger partial charge on any atom is -0.481 e. The largest absolute Gasteiger partial charge is 0.481 e. The fourth-order valence-corrected chi connectivity index (χ4v) is 2.23. The molecular weight excluding hydrogens is 206 g/mol. The Hall–Kier alpha value is -1.32. The molecule has 0 amide bonds. The summed E-state index contributed by atoms with van der Waals surface area (Å²) in [6.45, 7) is 0. The van der Waals surface area contributed by atoms with Crippen molar-refractivity contribution in [2.24, 2.45) is 0 Å². The fourth-order valence-electron chi connectivity index (χ4n) is 2.23. The quantitative estimate of drug-likeness (QED) is 0.852. The Morgan fingerprint density at radius 2 is 2.19 bits per heavy atom. The highest BCUT2D eigenvalue weighted by molar-refractivity contribution is 5.66. The van der Waals surface area contributed by atoms with Gasteiger partial charge in [-0.3, -0.25) is 4.79 Å². The molecule has 1 N–H and O–H groups in total. The molecule has 16 heavy (non-hydrogen) atoms. The molecule has 0 radical (unpaired) electrons. The Morgan fingerprint density at radius 3 is 2.88 bits per heavy atom. The van der Waals surface area contributed by atoms with Crippen molar-refractivity contribution < 1.29 is 14.3 Å². The van der Waals surface area contributed by atoms with E-state index in [-0.39, 0.29) is 6.42 Å². The number of aryl methyl sites for hydroxylation is 1. The van der Waals surface area contributed by atoms with Crippen molar-refractivity contribution in [2.45, 2.75) is 50.9 Å². The van der Waals surface area contributed by atoms with Crippen LogP contribution in [0.1, 0.15) is 56.1 Å². The van der Waals surface area contributed by atoms with E-state index in [4.69, 9.17) is 9.52 Å². The van der Waals surface area contributed by atoms with Crippen LogP contribution < -0.4 is 0 Å². The second-order valence-electron chi connectivity index (χ2n) is 4.39. The number of carboxylic acids is 1. The molecule has 4 heteroatoms. The van der Waals surface area contributed by atoms with Gasteiger partial charge in [-0.15, -0.1) is 0 Å². The normalized spacial score (nSPS) is 17.5. The van der Waals surface area contributed by atoms with Gasteiger partial charge in [0, 0.05) is 12.3 Å². The van der Waals surface area contributed by atoms with Crippen LogP contribution >= 0.6 is 0 Å².